The third-order valence-corrected chi connectivity index (χ3v) is 6.10. The van der Waals surface area contributed by atoms with Crippen LogP contribution in [0.5, 0.6) is 0 Å². The van der Waals surface area contributed by atoms with Gasteiger partial charge in [-0.1, -0.05) is 91.1 Å². The van der Waals surface area contributed by atoms with Gasteiger partial charge in [-0.15, -0.1) is 0 Å². The van der Waals surface area contributed by atoms with E-state index in [1.807, 2.05) is 54.6 Å². The number of nitrogens with one attached hydrogen (secondary N) is 1. The summed E-state index contributed by atoms with van der Waals surface area (Å²) in [5.74, 6) is -0.283. The molecule has 0 unspecified atom stereocenters. The Hall–Kier alpha value is -2.82. The minimum Gasteiger partial charge on any atom is -0.354 e. The minimum atomic E-state index is -0.651. The number of hydrogen-bond acceptors (Lipinski definition) is 2. The number of amides is 2. The van der Waals surface area contributed by atoms with Gasteiger partial charge in [-0.3, -0.25) is 9.59 Å². The Bertz CT molecular complexity index is 1070. The topological polar surface area (TPSA) is 49.4 Å². The molecule has 1 N–H and O–H groups in total. The number of benzene rings is 3. The van der Waals surface area contributed by atoms with Crippen molar-refractivity contribution in [3.8, 4) is 0 Å². The molecule has 1 atom stereocenters. The molecule has 34 heavy (non-hydrogen) atoms. The van der Waals surface area contributed by atoms with Crippen molar-refractivity contribution in [2.45, 2.75) is 45.2 Å². The van der Waals surface area contributed by atoms with E-state index in [1.54, 1.807) is 29.2 Å². The molecule has 4 nitrogen and oxygen atoms in total. The molecule has 0 saturated heterocycles. The number of nitrogens with zero attached hydrogens (tertiary/aromatic N) is 1. The summed E-state index contributed by atoms with van der Waals surface area (Å²) in [6.45, 7) is 2.96. The highest BCUT2D eigenvalue weighted by molar-refractivity contribution is 6.30. The van der Waals surface area contributed by atoms with Gasteiger partial charge < -0.3 is 10.2 Å². The maximum atomic E-state index is 13.6. The summed E-state index contributed by atoms with van der Waals surface area (Å²) in [7, 11) is 0. The van der Waals surface area contributed by atoms with Crippen LogP contribution in [0.1, 0.15) is 36.5 Å². The van der Waals surface area contributed by atoms with E-state index in [1.165, 1.54) is 0 Å². The third kappa shape index (κ3) is 7.89. The van der Waals surface area contributed by atoms with Crippen LogP contribution in [0.25, 0.3) is 0 Å². The SMILES string of the molecule is CCCCNC(=O)[C@H](Cc1ccccc1)N(Cc1ccc(Cl)cc1)C(=O)Cc1cccc(Cl)c1. The molecule has 0 fully saturated rings. The second kappa shape index (κ2) is 13.2. The lowest BCUT2D eigenvalue weighted by molar-refractivity contribution is -0.140. The zero-order chi connectivity index (χ0) is 24.3. The Morgan fingerprint density at radius 3 is 2.24 bits per heavy atom. The highest BCUT2D eigenvalue weighted by Gasteiger charge is 2.30. The van der Waals surface area contributed by atoms with Crippen molar-refractivity contribution in [1.82, 2.24) is 10.2 Å². The van der Waals surface area contributed by atoms with Gasteiger partial charge in [0.05, 0.1) is 6.42 Å². The Labute approximate surface area is 211 Å². The third-order valence-electron chi connectivity index (χ3n) is 5.61. The molecule has 2 amide bonds. The minimum absolute atomic E-state index is 0.135. The summed E-state index contributed by atoms with van der Waals surface area (Å²) in [4.78, 5) is 28.7. The second-order valence-electron chi connectivity index (χ2n) is 8.30. The molecule has 3 aromatic rings. The highest BCUT2D eigenvalue weighted by atomic mass is 35.5. The van der Waals surface area contributed by atoms with E-state index in [0.717, 1.165) is 29.5 Å². The van der Waals surface area contributed by atoms with Crippen LogP contribution in [0.2, 0.25) is 10.0 Å². The van der Waals surface area contributed by atoms with Gasteiger partial charge in [-0.2, -0.15) is 0 Å². The lowest BCUT2D eigenvalue weighted by atomic mass is 10.0. The first-order valence-corrected chi connectivity index (χ1v) is 12.3. The van der Waals surface area contributed by atoms with Crippen LogP contribution in [0, 0.1) is 0 Å². The second-order valence-corrected chi connectivity index (χ2v) is 9.18. The molecule has 0 aliphatic carbocycles. The number of carbonyl (C=O) groups is 2. The largest absolute Gasteiger partial charge is 0.354 e. The lowest BCUT2D eigenvalue weighted by Gasteiger charge is -2.32. The van der Waals surface area contributed by atoms with E-state index in [9.17, 15) is 9.59 Å². The summed E-state index contributed by atoms with van der Waals surface area (Å²) in [6, 6.07) is 23.8. The Kier molecular flexibility index (Phi) is 9.99. The van der Waals surface area contributed by atoms with E-state index in [2.05, 4.69) is 12.2 Å². The molecule has 0 bridgehead atoms. The predicted molar refractivity (Wildman–Crippen MR) is 139 cm³/mol. The van der Waals surface area contributed by atoms with Crippen molar-refractivity contribution in [3.05, 3.63) is 106 Å². The fourth-order valence-corrected chi connectivity index (χ4v) is 4.11. The van der Waals surface area contributed by atoms with Gasteiger partial charge in [-0.05, 0) is 47.4 Å². The summed E-state index contributed by atoms with van der Waals surface area (Å²) in [6.07, 6.45) is 2.44. The molecule has 0 aliphatic rings. The molecule has 6 heteroatoms. The number of unbranched alkanes of at least 4 members (excludes halogenated alkanes) is 1. The van der Waals surface area contributed by atoms with Crippen molar-refractivity contribution >= 4 is 35.0 Å². The van der Waals surface area contributed by atoms with E-state index in [4.69, 9.17) is 23.2 Å². The predicted octanol–water partition coefficient (Wildman–Crippen LogP) is 6.09. The standard InChI is InChI=1S/C28H30Cl2N2O2/c1-2-3-16-31-28(34)26(18-21-8-5-4-6-9-21)32(20-22-12-14-24(29)15-13-22)27(33)19-23-10-7-11-25(30)17-23/h4-15,17,26H,2-3,16,18-20H2,1H3,(H,31,34)/t26-/m0/s1. The smallest absolute Gasteiger partial charge is 0.243 e. The zero-order valence-corrected chi connectivity index (χ0v) is 20.9. The molecule has 0 heterocycles. The Morgan fingerprint density at radius 2 is 1.56 bits per heavy atom. The summed E-state index contributed by atoms with van der Waals surface area (Å²) < 4.78 is 0. The van der Waals surface area contributed by atoms with Crippen LogP contribution in [0.3, 0.4) is 0 Å². The van der Waals surface area contributed by atoms with Gasteiger partial charge in [-0.25, -0.2) is 0 Å². The summed E-state index contributed by atoms with van der Waals surface area (Å²) in [5.41, 5.74) is 2.71. The molecule has 0 saturated carbocycles. The van der Waals surface area contributed by atoms with E-state index in [0.29, 0.717) is 29.6 Å². The fourth-order valence-electron chi connectivity index (χ4n) is 3.77. The number of rotatable bonds is 11. The van der Waals surface area contributed by atoms with Crippen molar-refractivity contribution in [2.24, 2.45) is 0 Å². The van der Waals surface area contributed by atoms with Crippen LogP contribution < -0.4 is 5.32 Å². The van der Waals surface area contributed by atoms with E-state index >= 15 is 0 Å². The molecule has 0 aromatic heterocycles. The van der Waals surface area contributed by atoms with Gasteiger partial charge in [0.2, 0.25) is 11.8 Å². The van der Waals surface area contributed by atoms with Crippen LogP contribution in [0.15, 0.2) is 78.9 Å². The van der Waals surface area contributed by atoms with Crippen LogP contribution in [-0.2, 0) is 29.0 Å². The Balaban J connectivity index is 1.93. The maximum Gasteiger partial charge on any atom is 0.243 e. The number of carbonyl (C=O) groups excluding carboxylic acids is 2. The monoisotopic (exact) mass is 496 g/mol. The molecular weight excluding hydrogens is 467 g/mol. The zero-order valence-electron chi connectivity index (χ0n) is 19.3. The summed E-state index contributed by atoms with van der Waals surface area (Å²) in [5, 5.41) is 4.23. The average Bonchev–Trinajstić information content (AvgIpc) is 2.83. The molecule has 0 spiro atoms. The van der Waals surface area contributed by atoms with E-state index < -0.39 is 6.04 Å². The molecule has 3 rings (SSSR count). The normalized spacial score (nSPS) is 11.6. The van der Waals surface area contributed by atoms with Crippen LogP contribution in [0.4, 0.5) is 0 Å². The maximum absolute atomic E-state index is 13.6. The van der Waals surface area contributed by atoms with Crippen LogP contribution in [-0.4, -0.2) is 29.3 Å². The molecule has 178 valence electrons. The van der Waals surface area contributed by atoms with E-state index in [-0.39, 0.29) is 18.2 Å². The van der Waals surface area contributed by atoms with Crippen molar-refractivity contribution in [2.75, 3.05) is 6.54 Å². The van der Waals surface area contributed by atoms with Gasteiger partial charge in [0.25, 0.3) is 0 Å². The van der Waals surface area contributed by atoms with Crippen LogP contribution >= 0.6 is 23.2 Å². The number of halogens is 2. The first-order chi connectivity index (χ1) is 16.5. The van der Waals surface area contributed by atoms with Gasteiger partial charge >= 0.3 is 0 Å². The summed E-state index contributed by atoms with van der Waals surface area (Å²) >= 11 is 12.2. The fraction of sp³-hybridized carbons (Fsp3) is 0.286. The quantitative estimate of drug-likeness (QED) is 0.326. The lowest BCUT2D eigenvalue weighted by Crippen LogP contribution is -2.51. The first kappa shape index (κ1) is 25.8. The molecule has 0 radical (unpaired) electrons. The van der Waals surface area contributed by atoms with Gasteiger partial charge in [0, 0.05) is 29.6 Å². The highest BCUT2D eigenvalue weighted by Crippen LogP contribution is 2.19. The van der Waals surface area contributed by atoms with Crippen molar-refractivity contribution in [1.29, 1.82) is 0 Å². The Morgan fingerprint density at radius 1 is 0.853 bits per heavy atom. The average molecular weight is 497 g/mol. The molecule has 3 aromatic carbocycles. The number of hydrogen-bond donors (Lipinski definition) is 1. The molecule has 0 aliphatic heterocycles. The molecular formula is C28H30Cl2N2O2. The van der Waals surface area contributed by atoms with Gasteiger partial charge in [0.1, 0.15) is 6.04 Å². The van der Waals surface area contributed by atoms with Gasteiger partial charge in [0.15, 0.2) is 0 Å². The first-order valence-electron chi connectivity index (χ1n) is 11.6. The van der Waals surface area contributed by atoms with Crippen molar-refractivity contribution < 1.29 is 9.59 Å². The van der Waals surface area contributed by atoms with Crippen molar-refractivity contribution in [3.63, 3.8) is 0 Å².